The van der Waals surface area contributed by atoms with E-state index in [1.165, 1.54) is 0 Å². The van der Waals surface area contributed by atoms with Gasteiger partial charge < -0.3 is 9.47 Å². The number of unbranched alkanes of at least 4 members (excludes halogenated alkanes) is 3. The van der Waals surface area contributed by atoms with Crippen molar-refractivity contribution in [1.82, 2.24) is 0 Å². The largest absolute Gasteiger partial charge is 0.494 e. The quantitative estimate of drug-likeness (QED) is 0.521. The van der Waals surface area contributed by atoms with E-state index in [4.69, 9.17) is 32.7 Å². The molecule has 0 bridgehead atoms. The molecule has 0 aromatic heterocycles. The topological polar surface area (TPSA) is 18.5 Å². The maximum absolute atomic E-state index is 5.82. The van der Waals surface area contributed by atoms with Crippen LogP contribution < -0.4 is 9.47 Å². The molecule has 0 saturated carbocycles. The molecule has 0 N–H and O–H groups in total. The number of ether oxygens (including phenoxy) is 2. The summed E-state index contributed by atoms with van der Waals surface area (Å²) in [6.45, 7) is 1.47. The minimum Gasteiger partial charge on any atom is -0.494 e. The summed E-state index contributed by atoms with van der Waals surface area (Å²) in [5, 5.41) is 1.46. The minimum absolute atomic E-state index is 0.730. The van der Waals surface area contributed by atoms with Crippen molar-refractivity contribution in [3.05, 3.63) is 58.6 Å². The molecule has 0 heterocycles. The highest BCUT2D eigenvalue weighted by atomic mass is 35.5. The Morgan fingerprint density at radius 1 is 0.545 bits per heavy atom. The first-order chi connectivity index (χ1) is 10.7. The van der Waals surface area contributed by atoms with Gasteiger partial charge >= 0.3 is 0 Å². The molecule has 118 valence electrons. The molecule has 2 nitrogen and oxygen atoms in total. The molecule has 22 heavy (non-hydrogen) atoms. The van der Waals surface area contributed by atoms with E-state index in [2.05, 4.69) is 0 Å². The second-order valence-corrected chi connectivity index (χ2v) is 5.89. The fourth-order valence-corrected chi connectivity index (χ4v) is 2.25. The fraction of sp³-hybridized carbons (Fsp3) is 0.333. The summed E-state index contributed by atoms with van der Waals surface area (Å²) in [6, 6.07) is 14.9. The van der Waals surface area contributed by atoms with E-state index >= 15 is 0 Å². The molecular weight excluding hydrogens is 319 g/mol. The smallest absolute Gasteiger partial charge is 0.119 e. The molecule has 4 heteroatoms. The van der Waals surface area contributed by atoms with Gasteiger partial charge in [0.25, 0.3) is 0 Å². The molecule has 0 aliphatic heterocycles. The Balaban J connectivity index is 1.47. The Hall–Kier alpha value is -1.38. The molecule has 0 saturated heterocycles. The van der Waals surface area contributed by atoms with Crippen LogP contribution in [-0.2, 0) is 0 Å². The normalized spacial score (nSPS) is 10.5. The van der Waals surface area contributed by atoms with Crippen LogP contribution in [0.5, 0.6) is 11.5 Å². The molecule has 0 amide bonds. The molecule has 2 rings (SSSR count). The van der Waals surface area contributed by atoms with Crippen LogP contribution in [0.25, 0.3) is 0 Å². The summed E-state index contributed by atoms with van der Waals surface area (Å²) < 4.78 is 11.3. The number of benzene rings is 2. The monoisotopic (exact) mass is 338 g/mol. The molecule has 0 spiro atoms. The Morgan fingerprint density at radius 3 is 1.27 bits per heavy atom. The van der Waals surface area contributed by atoms with E-state index < -0.39 is 0 Å². The van der Waals surface area contributed by atoms with Crippen LogP contribution in [0.2, 0.25) is 10.0 Å². The third-order valence-corrected chi connectivity index (χ3v) is 3.71. The summed E-state index contributed by atoms with van der Waals surface area (Å²) in [4.78, 5) is 0. The molecule has 0 aliphatic rings. The predicted octanol–water partition coefficient (Wildman–Crippen LogP) is 6.01. The zero-order valence-electron chi connectivity index (χ0n) is 12.4. The van der Waals surface area contributed by atoms with E-state index in [-0.39, 0.29) is 0 Å². The van der Waals surface area contributed by atoms with Crippen LogP contribution in [0.15, 0.2) is 48.5 Å². The molecule has 0 aliphatic carbocycles. The zero-order chi connectivity index (χ0) is 15.6. The number of rotatable bonds is 9. The van der Waals surface area contributed by atoms with E-state index in [1.807, 2.05) is 48.5 Å². The fourth-order valence-electron chi connectivity index (χ4n) is 2.00. The Morgan fingerprint density at radius 2 is 0.909 bits per heavy atom. The summed E-state index contributed by atoms with van der Waals surface area (Å²) in [5.41, 5.74) is 0. The van der Waals surface area contributed by atoms with Crippen molar-refractivity contribution in [2.24, 2.45) is 0 Å². The summed E-state index contributed by atoms with van der Waals surface area (Å²) in [6.07, 6.45) is 4.36. The van der Waals surface area contributed by atoms with Crippen molar-refractivity contribution >= 4 is 23.2 Å². The molecule has 0 atom stereocenters. The molecule has 2 aromatic carbocycles. The minimum atomic E-state index is 0.730. The second kappa shape index (κ2) is 9.60. The van der Waals surface area contributed by atoms with Crippen LogP contribution in [0.1, 0.15) is 25.7 Å². The Kier molecular flexibility index (Phi) is 7.41. The van der Waals surface area contributed by atoms with Crippen molar-refractivity contribution < 1.29 is 9.47 Å². The lowest BCUT2D eigenvalue weighted by atomic mass is 10.2. The first-order valence-corrected chi connectivity index (χ1v) is 8.26. The molecule has 0 fully saturated rings. The highest BCUT2D eigenvalue weighted by Gasteiger charge is 1.96. The first kappa shape index (κ1) is 17.0. The van der Waals surface area contributed by atoms with Crippen molar-refractivity contribution in [2.75, 3.05) is 13.2 Å². The van der Waals surface area contributed by atoms with E-state index in [0.717, 1.165) is 60.4 Å². The lowest BCUT2D eigenvalue weighted by molar-refractivity contribution is 0.287. The standard InChI is InChI=1S/C18H20Cl2O2/c19-15-5-9-17(10-6-15)21-13-3-1-2-4-14-22-18-11-7-16(20)8-12-18/h5-12H,1-4,13-14H2. The maximum atomic E-state index is 5.82. The maximum Gasteiger partial charge on any atom is 0.119 e. The van der Waals surface area contributed by atoms with Crippen LogP contribution in [0.4, 0.5) is 0 Å². The predicted molar refractivity (Wildman–Crippen MR) is 92.4 cm³/mol. The second-order valence-electron chi connectivity index (χ2n) is 5.02. The van der Waals surface area contributed by atoms with Gasteiger partial charge in [0.2, 0.25) is 0 Å². The average Bonchev–Trinajstić information content (AvgIpc) is 2.53. The van der Waals surface area contributed by atoms with Crippen molar-refractivity contribution in [3.63, 3.8) is 0 Å². The van der Waals surface area contributed by atoms with Gasteiger partial charge in [-0.15, -0.1) is 0 Å². The summed E-state index contributed by atoms with van der Waals surface area (Å²) >= 11 is 11.6. The van der Waals surface area contributed by atoms with Crippen LogP contribution >= 0.6 is 23.2 Å². The summed E-state index contributed by atoms with van der Waals surface area (Å²) in [5.74, 6) is 1.74. The third-order valence-electron chi connectivity index (χ3n) is 3.20. The number of hydrogen-bond donors (Lipinski definition) is 0. The molecule has 0 unspecified atom stereocenters. The van der Waals surface area contributed by atoms with E-state index in [0.29, 0.717) is 0 Å². The van der Waals surface area contributed by atoms with Gasteiger partial charge in [-0.1, -0.05) is 23.2 Å². The van der Waals surface area contributed by atoms with Gasteiger partial charge in [-0.05, 0) is 74.2 Å². The lowest BCUT2D eigenvalue weighted by Crippen LogP contribution is -1.99. The van der Waals surface area contributed by atoms with E-state index in [9.17, 15) is 0 Å². The summed E-state index contributed by atoms with van der Waals surface area (Å²) in [7, 11) is 0. The van der Waals surface area contributed by atoms with Gasteiger partial charge in [-0.25, -0.2) is 0 Å². The molecular formula is C18H20Cl2O2. The highest BCUT2D eigenvalue weighted by Crippen LogP contribution is 2.17. The van der Waals surface area contributed by atoms with E-state index in [1.54, 1.807) is 0 Å². The van der Waals surface area contributed by atoms with Crippen LogP contribution in [-0.4, -0.2) is 13.2 Å². The van der Waals surface area contributed by atoms with Gasteiger partial charge in [-0.2, -0.15) is 0 Å². The van der Waals surface area contributed by atoms with Crippen molar-refractivity contribution in [3.8, 4) is 11.5 Å². The SMILES string of the molecule is Clc1ccc(OCCCCCCOc2ccc(Cl)cc2)cc1. The lowest BCUT2D eigenvalue weighted by Gasteiger charge is -2.07. The average molecular weight is 339 g/mol. The third kappa shape index (κ3) is 6.59. The van der Waals surface area contributed by atoms with Crippen LogP contribution in [0, 0.1) is 0 Å². The van der Waals surface area contributed by atoms with Crippen LogP contribution in [0.3, 0.4) is 0 Å². The van der Waals surface area contributed by atoms with Gasteiger partial charge in [0.15, 0.2) is 0 Å². The number of hydrogen-bond acceptors (Lipinski definition) is 2. The first-order valence-electron chi connectivity index (χ1n) is 7.51. The Bertz CT molecular complexity index is 487. The van der Waals surface area contributed by atoms with Crippen molar-refractivity contribution in [2.45, 2.75) is 25.7 Å². The Labute approximate surface area is 142 Å². The number of halogens is 2. The van der Waals surface area contributed by atoms with Crippen molar-refractivity contribution in [1.29, 1.82) is 0 Å². The van der Waals surface area contributed by atoms with Gasteiger partial charge in [0.1, 0.15) is 11.5 Å². The van der Waals surface area contributed by atoms with Gasteiger partial charge in [0.05, 0.1) is 13.2 Å². The van der Waals surface area contributed by atoms with Gasteiger partial charge in [0, 0.05) is 10.0 Å². The molecule has 2 aromatic rings. The zero-order valence-corrected chi connectivity index (χ0v) is 13.9. The highest BCUT2D eigenvalue weighted by molar-refractivity contribution is 6.30. The molecule has 0 radical (unpaired) electrons. The van der Waals surface area contributed by atoms with Gasteiger partial charge in [-0.3, -0.25) is 0 Å².